The fraction of sp³-hybridized carbons (Fsp3) is 0.667. The van der Waals surface area contributed by atoms with Crippen molar-refractivity contribution in [1.29, 1.82) is 5.26 Å². The van der Waals surface area contributed by atoms with E-state index in [-0.39, 0.29) is 0 Å². The fourth-order valence-electron chi connectivity index (χ4n) is 2.22. The summed E-state index contributed by atoms with van der Waals surface area (Å²) < 4.78 is 5.06. The van der Waals surface area contributed by atoms with Crippen LogP contribution in [0, 0.1) is 11.3 Å². The number of nitriles is 1. The summed E-state index contributed by atoms with van der Waals surface area (Å²) in [6, 6.07) is 2.22. The molecule has 86 valence electrons. The third kappa shape index (κ3) is 2.42. The van der Waals surface area contributed by atoms with Gasteiger partial charge >= 0.3 is 0 Å². The Labute approximate surface area is 100 Å². The zero-order valence-electron chi connectivity index (χ0n) is 9.53. The van der Waals surface area contributed by atoms with Gasteiger partial charge in [0.2, 0.25) is 0 Å². The van der Waals surface area contributed by atoms with Gasteiger partial charge in [-0.1, -0.05) is 19.3 Å². The van der Waals surface area contributed by atoms with Gasteiger partial charge in [-0.05, 0) is 12.8 Å². The van der Waals surface area contributed by atoms with Crippen LogP contribution >= 0.6 is 11.3 Å². The molecule has 1 saturated carbocycles. The van der Waals surface area contributed by atoms with Gasteiger partial charge in [-0.2, -0.15) is 5.26 Å². The molecule has 1 heterocycles. The second-order valence-electron chi connectivity index (χ2n) is 4.21. The Hall–Kier alpha value is -0.920. The molecule has 0 unspecified atom stereocenters. The number of thiazole rings is 1. The molecule has 16 heavy (non-hydrogen) atoms. The molecule has 0 aromatic carbocycles. The second kappa shape index (κ2) is 5.42. The van der Waals surface area contributed by atoms with Crippen molar-refractivity contribution in [3.63, 3.8) is 0 Å². The number of aromatic nitrogens is 1. The first-order valence-corrected chi connectivity index (χ1v) is 6.55. The van der Waals surface area contributed by atoms with Crippen molar-refractivity contribution in [3.05, 3.63) is 15.6 Å². The maximum absolute atomic E-state index is 9.02. The largest absolute Gasteiger partial charge is 0.378 e. The maximum atomic E-state index is 9.02. The standard InChI is InChI=1S/C12H16N2OS/c1-15-8-10-11(7-13)16-12(14-10)9-5-3-2-4-6-9/h9H,2-6,8H2,1H3. The fourth-order valence-corrected chi connectivity index (χ4v) is 3.25. The van der Waals surface area contributed by atoms with E-state index < -0.39 is 0 Å². The van der Waals surface area contributed by atoms with E-state index in [0.29, 0.717) is 12.5 Å². The Morgan fingerprint density at radius 2 is 2.19 bits per heavy atom. The first-order valence-electron chi connectivity index (χ1n) is 5.73. The zero-order chi connectivity index (χ0) is 11.4. The van der Waals surface area contributed by atoms with Crippen molar-refractivity contribution in [2.45, 2.75) is 44.6 Å². The summed E-state index contributed by atoms with van der Waals surface area (Å²) in [7, 11) is 1.64. The molecule has 0 radical (unpaired) electrons. The average molecular weight is 236 g/mol. The molecule has 1 aromatic heterocycles. The monoisotopic (exact) mass is 236 g/mol. The van der Waals surface area contributed by atoms with Crippen molar-refractivity contribution < 1.29 is 4.74 Å². The summed E-state index contributed by atoms with van der Waals surface area (Å²) in [5.41, 5.74) is 0.815. The summed E-state index contributed by atoms with van der Waals surface area (Å²) >= 11 is 1.55. The number of hydrogen-bond acceptors (Lipinski definition) is 4. The molecular weight excluding hydrogens is 220 g/mol. The van der Waals surface area contributed by atoms with Crippen molar-refractivity contribution >= 4 is 11.3 Å². The summed E-state index contributed by atoms with van der Waals surface area (Å²) in [5, 5.41) is 10.2. The highest BCUT2D eigenvalue weighted by Gasteiger charge is 2.21. The van der Waals surface area contributed by atoms with Crippen LogP contribution in [-0.2, 0) is 11.3 Å². The lowest BCUT2D eigenvalue weighted by molar-refractivity contribution is 0.181. The SMILES string of the molecule is COCc1nc(C2CCCCC2)sc1C#N. The van der Waals surface area contributed by atoms with Gasteiger partial charge in [0.25, 0.3) is 0 Å². The minimum absolute atomic E-state index is 0.451. The molecule has 1 aromatic rings. The van der Waals surface area contributed by atoms with E-state index in [4.69, 9.17) is 10.00 Å². The van der Waals surface area contributed by atoms with Crippen LogP contribution < -0.4 is 0 Å². The summed E-state index contributed by atoms with van der Waals surface area (Å²) in [5.74, 6) is 0.580. The molecule has 2 rings (SSSR count). The van der Waals surface area contributed by atoms with Gasteiger partial charge in [0.15, 0.2) is 0 Å². The molecular formula is C12H16N2OS. The number of nitrogens with zero attached hydrogens (tertiary/aromatic N) is 2. The molecule has 4 heteroatoms. The van der Waals surface area contributed by atoms with E-state index in [2.05, 4.69) is 11.1 Å². The molecule has 0 aliphatic heterocycles. The first kappa shape index (κ1) is 11.6. The summed E-state index contributed by atoms with van der Waals surface area (Å²) in [4.78, 5) is 5.29. The molecule has 0 N–H and O–H groups in total. The predicted molar refractivity (Wildman–Crippen MR) is 63.4 cm³/mol. The van der Waals surface area contributed by atoms with Crippen molar-refractivity contribution in [2.24, 2.45) is 0 Å². The third-order valence-corrected chi connectivity index (χ3v) is 4.22. The topological polar surface area (TPSA) is 45.9 Å². The lowest BCUT2D eigenvalue weighted by atomic mass is 9.90. The van der Waals surface area contributed by atoms with Gasteiger partial charge in [0, 0.05) is 13.0 Å². The van der Waals surface area contributed by atoms with Crippen LogP contribution in [-0.4, -0.2) is 12.1 Å². The number of ether oxygens (including phenoxy) is 1. The Bertz CT molecular complexity index is 388. The van der Waals surface area contributed by atoms with Crippen molar-refractivity contribution in [3.8, 4) is 6.07 Å². The first-order chi connectivity index (χ1) is 7.85. The molecule has 0 saturated heterocycles. The highest BCUT2D eigenvalue weighted by molar-refractivity contribution is 7.12. The molecule has 0 bridgehead atoms. The molecule has 0 amide bonds. The Morgan fingerprint density at radius 3 is 2.81 bits per heavy atom. The number of hydrogen-bond donors (Lipinski definition) is 0. The van der Waals surface area contributed by atoms with E-state index in [1.54, 1.807) is 18.4 Å². The normalized spacial score (nSPS) is 17.2. The van der Waals surface area contributed by atoms with Crippen LogP contribution in [0.15, 0.2) is 0 Å². The second-order valence-corrected chi connectivity index (χ2v) is 5.24. The number of rotatable bonds is 3. The Balaban J connectivity index is 2.18. The quantitative estimate of drug-likeness (QED) is 0.809. The van der Waals surface area contributed by atoms with Gasteiger partial charge in [-0.25, -0.2) is 4.98 Å². The van der Waals surface area contributed by atoms with Crippen molar-refractivity contribution in [1.82, 2.24) is 4.98 Å². The van der Waals surface area contributed by atoms with Crippen LogP contribution in [0.1, 0.15) is 53.6 Å². The smallest absolute Gasteiger partial charge is 0.130 e. The third-order valence-electron chi connectivity index (χ3n) is 3.05. The average Bonchev–Trinajstić information content (AvgIpc) is 2.74. The summed E-state index contributed by atoms with van der Waals surface area (Å²) in [6.45, 7) is 0.451. The van der Waals surface area contributed by atoms with Crippen LogP contribution in [0.4, 0.5) is 0 Å². The molecule has 1 aliphatic rings. The minimum Gasteiger partial charge on any atom is -0.378 e. The van der Waals surface area contributed by atoms with Crippen molar-refractivity contribution in [2.75, 3.05) is 7.11 Å². The predicted octanol–water partition coefficient (Wildman–Crippen LogP) is 3.21. The maximum Gasteiger partial charge on any atom is 0.130 e. The molecule has 3 nitrogen and oxygen atoms in total. The molecule has 0 atom stereocenters. The van der Waals surface area contributed by atoms with Gasteiger partial charge in [0.05, 0.1) is 17.3 Å². The van der Waals surface area contributed by atoms with Crippen LogP contribution in [0.5, 0.6) is 0 Å². The highest BCUT2D eigenvalue weighted by Crippen LogP contribution is 2.35. The minimum atomic E-state index is 0.451. The van der Waals surface area contributed by atoms with Gasteiger partial charge in [0.1, 0.15) is 10.9 Å². The van der Waals surface area contributed by atoms with E-state index in [1.165, 1.54) is 32.1 Å². The summed E-state index contributed by atoms with van der Waals surface area (Å²) in [6.07, 6.45) is 6.39. The van der Waals surface area contributed by atoms with E-state index in [0.717, 1.165) is 15.6 Å². The molecule has 0 spiro atoms. The van der Waals surface area contributed by atoms with Gasteiger partial charge in [-0.3, -0.25) is 0 Å². The van der Waals surface area contributed by atoms with E-state index in [9.17, 15) is 0 Å². The Morgan fingerprint density at radius 1 is 1.44 bits per heavy atom. The van der Waals surface area contributed by atoms with Crippen LogP contribution in [0.25, 0.3) is 0 Å². The van der Waals surface area contributed by atoms with E-state index >= 15 is 0 Å². The molecule has 1 aliphatic carbocycles. The lowest BCUT2D eigenvalue weighted by Gasteiger charge is -2.18. The van der Waals surface area contributed by atoms with Crippen LogP contribution in [0.3, 0.4) is 0 Å². The van der Waals surface area contributed by atoms with Gasteiger partial charge < -0.3 is 4.74 Å². The Kier molecular flexibility index (Phi) is 3.92. The zero-order valence-corrected chi connectivity index (χ0v) is 10.3. The molecule has 1 fully saturated rings. The van der Waals surface area contributed by atoms with Gasteiger partial charge in [-0.15, -0.1) is 11.3 Å². The highest BCUT2D eigenvalue weighted by atomic mass is 32.1. The van der Waals surface area contributed by atoms with E-state index in [1.807, 2.05) is 0 Å². The number of methoxy groups -OCH3 is 1. The van der Waals surface area contributed by atoms with Crippen LogP contribution in [0.2, 0.25) is 0 Å². The lowest BCUT2D eigenvalue weighted by Crippen LogP contribution is -2.04.